The second-order valence-corrected chi connectivity index (χ2v) is 8.72. The molecule has 2 amide bonds. The summed E-state index contributed by atoms with van der Waals surface area (Å²) >= 11 is 0. The van der Waals surface area contributed by atoms with Crippen LogP contribution in [0.3, 0.4) is 0 Å². The monoisotopic (exact) mass is 464 g/mol. The Morgan fingerprint density at radius 1 is 1.29 bits per heavy atom. The number of hydrogen-bond donors (Lipinski definition) is 3. The first-order chi connectivity index (χ1) is 16.3. The van der Waals surface area contributed by atoms with Crippen molar-refractivity contribution in [3.05, 3.63) is 41.6 Å². The number of aromatic nitrogens is 2. The minimum atomic E-state index is -0.712. The topological polar surface area (TPSA) is 122 Å². The molecular weight excluding hydrogens is 439 g/mol. The molecule has 1 unspecified atom stereocenters. The van der Waals surface area contributed by atoms with Crippen molar-refractivity contribution < 1.29 is 18.7 Å². The van der Waals surface area contributed by atoms with Crippen molar-refractivity contribution in [2.24, 2.45) is 0 Å². The van der Waals surface area contributed by atoms with Crippen LogP contribution in [0.2, 0.25) is 0 Å². The number of fused-ring (bicyclic) bond motifs is 2. The largest absolute Gasteiger partial charge is 0.444 e. The quantitative estimate of drug-likeness (QED) is 0.507. The number of hydrogen-bond acceptors (Lipinski definition) is 7. The van der Waals surface area contributed by atoms with Crippen LogP contribution in [0.25, 0.3) is 21.9 Å². The second kappa shape index (κ2) is 8.44. The van der Waals surface area contributed by atoms with Crippen LogP contribution in [0.5, 0.6) is 0 Å². The minimum Gasteiger partial charge on any atom is -0.444 e. The van der Waals surface area contributed by atoms with Crippen LogP contribution in [0, 0.1) is 12.7 Å². The molecule has 0 saturated carbocycles. The lowest BCUT2D eigenvalue weighted by Gasteiger charge is -2.21. The number of ether oxygens (including phenoxy) is 1. The van der Waals surface area contributed by atoms with Crippen molar-refractivity contribution in [3.8, 4) is 11.1 Å². The first kappa shape index (κ1) is 21.9. The van der Waals surface area contributed by atoms with Gasteiger partial charge in [-0.05, 0) is 42.8 Å². The van der Waals surface area contributed by atoms with E-state index in [1.54, 1.807) is 25.4 Å². The Morgan fingerprint density at radius 2 is 2.12 bits per heavy atom. The molecule has 34 heavy (non-hydrogen) atoms. The molecule has 3 aromatic rings. The standard InChI is InChI=1S/C24H25FN6O3/c1-12-16(9-28-18-4-3-5-27-23(12)18)15-6-13-7-19(29-10-17(13)22(26)21(15)25)30-24(33)34-14-8-20(32)31(2)11-14/h6-7,9-10,14,27H,3-5,8,11,26H2,1-2H3,(H,29,30,33). The van der Waals surface area contributed by atoms with E-state index in [4.69, 9.17) is 10.5 Å². The Hall–Kier alpha value is -3.95. The van der Waals surface area contributed by atoms with Gasteiger partial charge in [-0.1, -0.05) is 0 Å². The first-order valence-electron chi connectivity index (χ1n) is 11.1. The van der Waals surface area contributed by atoms with Gasteiger partial charge in [-0.25, -0.2) is 14.2 Å². The van der Waals surface area contributed by atoms with E-state index < -0.39 is 18.0 Å². The van der Waals surface area contributed by atoms with Gasteiger partial charge in [0.15, 0.2) is 5.82 Å². The second-order valence-electron chi connectivity index (χ2n) is 8.72. The molecule has 2 aliphatic heterocycles. The molecule has 2 aliphatic rings. The molecular formula is C24H25FN6O3. The van der Waals surface area contributed by atoms with Gasteiger partial charge in [0.25, 0.3) is 0 Å². The van der Waals surface area contributed by atoms with Crippen molar-refractivity contribution in [2.75, 3.05) is 36.5 Å². The molecule has 0 bridgehead atoms. The van der Waals surface area contributed by atoms with E-state index in [-0.39, 0.29) is 23.8 Å². The Balaban J connectivity index is 1.46. The fourth-order valence-electron chi connectivity index (χ4n) is 4.57. The molecule has 4 heterocycles. The summed E-state index contributed by atoms with van der Waals surface area (Å²) in [5, 5.41) is 6.99. The van der Waals surface area contributed by atoms with Crippen LogP contribution in [0.1, 0.15) is 24.1 Å². The molecule has 0 aliphatic carbocycles. The number of likely N-dealkylation sites (tertiary alicyclic amines) is 1. The van der Waals surface area contributed by atoms with Crippen LogP contribution >= 0.6 is 0 Å². The smallest absolute Gasteiger partial charge is 0.413 e. The van der Waals surface area contributed by atoms with Crippen LogP contribution in [0.4, 0.5) is 26.4 Å². The Labute approximate surface area is 195 Å². The predicted molar refractivity (Wildman–Crippen MR) is 127 cm³/mol. The summed E-state index contributed by atoms with van der Waals surface area (Å²) in [6, 6.07) is 3.30. The van der Waals surface area contributed by atoms with E-state index in [1.165, 1.54) is 11.1 Å². The molecule has 9 nitrogen and oxygen atoms in total. The minimum absolute atomic E-state index is 0.0216. The van der Waals surface area contributed by atoms with Crippen molar-refractivity contribution in [1.82, 2.24) is 14.9 Å². The Bertz CT molecular complexity index is 1330. The van der Waals surface area contributed by atoms with Crippen molar-refractivity contribution in [1.29, 1.82) is 0 Å². The lowest BCUT2D eigenvalue weighted by Crippen LogP contribution is -2.25. The normalized spacial score (nSPS) is 17.4. The number of carbonyl (C=O) groups excluding carboxylic acids is 2. The third kappa shape index (κ3) is 3.85. The molecule has 10 heteroatoms. The van der Waals surface area contributed by atoms with Gasteiger partial charge in [0, 0.05) is 42.5 Å². The summed E-state index contributed by atoms with van der Waals surface area (Å²) in [6.07, 6.45) is 3.92. The summed E-state index contributed by atoms with van der Waals surface area (Å²) in [5.74, 6) is -0.381. The number of nitrogen functional groups attached to an aromatic ring is 1. The molecule has 1 aromatic carbocycles. The molecule has 4 N–H and O–H groups in total. The lowest BCUT2D eigenvalue weighted by atomic mass is 9.95. The van der Waals surface area contributed by atoms with Crippen molar-refractivity contribution in [3.63, 3.8) is 0 Å². The molecule has 176 valence electrons. The highest BCUT2D eigenvalue weighted by molar-refractivity contribution is 5.99. The van der Waals surface area contributed by atoms with E-state index >= 15 is 4.39 Å². The third-order valence-corrected chi connectivity index (χ3v) is 6.41. The molecule has 0 spiro atoms. The van der Waals surface area contributed by atoms with Gasteiger partial charge in [0.05, 0.1) is 30.0 Å². The number of aryl methyl sites for hydroxylation is 1. The predicted octanol–water partition coefficient (Wildman–Crippen LogP) is 3.46. The van der Waals surface area contributed by atoms with E-state index in [1.807, 2.05) is 6.92 Å². The number of likely N-dealkylation sites (N-methyl/N-ethyl adjacent to an activating group) is 1. The van der Waals surface area contributed by atoms with E-state index in [0.29, 0.717) is 28.4 Å². The van der Waals surface area contributed by atoms with Crippen LogP contribution in [-0.2, 0) is 16.0 Å². The summed E-state index contributed by atoms with van der Waals surface area (Å²) in [4.78, 5) is 34.2. The molecule has 1 saturated heterocycles. The highest BCUT2D eigenvalue weighted by Crippen LogP contribution is 2.38. The van der Waals surface area contributed by atoms with Crippen LogP contribution < -0.4 is 16.4 Å². The number of halogens is 1. The molecule has 2 aromatic heterocycles. The van der Waals surface area contributed by atoms with Crippen LogP contribution in [0.15, 0.2) is 24.5 Å². The average molecular weight is 465 g/mol. The van der Waals surface area contributed by atoms with Crippen LogP contribution in [-0.4, -0.2) is 53.1 Å². The van der Waals surface area contributed by atoms with Gasteiger partial charge in [0.1, 0.15) is 11.9 Å². The number of anilines is 3. The lowest BCUT2D eigenvalue weighted by molar-refractivity contribution is -0.126. The van der Waals surface area contributed by atoms with Gasteiger partial charge in [-0.2, -0.15) is 0 Å². The zero-order valence-corrected chi connectivity index (χ0v) is 18.9. The highest BCUT2D eigenvalue weighted by Gasteiger charge is 2.30. The van der Waals surface area contributed by atoms with Crippen molar-refractivity contribution >= 4 is 40.0 Å². The molecule has 1 atom stereocenters. The SMILES string of the molecule is Cc1c(-c2cc3cc(NC(=O)OC4CC(=O)N(C)C4)ncc3c(N)c2F)cnc2c1NCCC2. The number of nitrogens with zero attached hydrogens (tertiary/aromatic N) is 3. The first-order valence-corrected chi connectivity index (χ1v) is 11.1. The van der Waals surface area contributed by atoms with E-state index in [9.17, 15) is 9.59 Å². The van der Waals surface area contributed by atoms with E-state index in [2.05, 4.69) is 20.6 Å². The fraction of sp³-hybridized carbons (Fsp3) is 0.333. The highest BCUT2D eigenvalue weighted by atomic mass is 19.1. The maximum atomic E-state index is 15.3. The van der Waals surface area contributed by atoms with Gasteiger partial charge in [-0.3, -0.25) is 15.1 Å². The maximum Gasteiger partial charge on any atom is 0.413 e. The average Bonchev–Trinajstić information content (AvgIpc) is 3.13. The third-order valence-electron chi connectivity index (χ3n) is 6.41. The molecule has 0 radical (unpaired) electrons. The summed E-state index contributed by atoms with van der Waals surface area (Å²) in [6.45, 7) is 3.14. The number of amides is 2. The molecule has 5 rings (SSSR count). The molecule has 1 fully saturated rings. The number of rotatable bonds is 3. The Morgan fingerprint density at radius 3 is 2.88 bits per heavy atom. The van der Waals surface area contributed by atoms with E-state index in [0.717, 1.165) is 36.3 Å². The van der Waals surface area contributed by atoms with Gasteiger partial charge >= 0.3 is 6.09 Å². The Kier molecular flexibility index (Phi) is 5.43. The van der Waals surface area contributed by atoms with Gasteiger partial charge in [0.2, 0.25) is 5.91 Å². The summed E-state index contributed by atoms with van der Waals surface area (Å²) < 4.78 is 20.6. The zero-order chi connectivity index (χ0) is 24.0. The summed E-state index contributed by atoms with van der Waals surface area (Å²) in [7, 11) is 1.66. The number of pyridine rings is 2. The number of nitrogens with two attached hydrogens (primary N) is 1. The van der Waals surface area contributed by atoms with Gasteiger partial charge in [-0.15, -0.1) is 0 Å². The maximum absolute atomic E-state index is 15.3. The van der Waals surface area contributed by atoms with Crippen molar-refractivity contribution in [2.45, 2.75) is 32.3 Å². The number of benzene rings is 1. The zero-order valence-electron chi connectivity index (χ0n) is 18.9. The number of carbonyl (C=O) groups is 2. The number of nitrogens with one attached hydrogen (secondary N) is 2. The summed E-state index contributed by atoms with van der Waals surface area (Å²) in [5.41, 5.74) is 9.92. The van der Waals surface area contributed by atoms with Gasteiger partial charge < -0.3 is 20.7 Å². The fourth-order valence-corrected chi connectivity index (χ4v) is 4.57.